The van der Waals surface area contributed by atoms with Gasteiger partial charge in [0.05, 0.1) is 31.6 Å². The quantitative estimate of drug-likeness (QED) is 0.372. The van der Waals surface area contributed by atoms with Crippen molar-refractivity contribution in [1.82, 2.24) is 24.4 Å². The fourth-order valence-electron chi connectivity index (χ4n) is 5.01. The van der Waals surface area contributed by atoms with Gasteiger partial charge in [0.1, 0.15) is 11.3 Å². The molecule has 1 atom stereocenters. The molecule has 0 unspecified atom stereocenters. The molecule has 12 heteroatoms. The Balaban J connectivity index is 1.46. The smallest absolute Gasteiger partial charge is 0.433 e. The van der Waals surface area contributed by atoms with Gasteiger partial charge in [-0.2, -0.15) is 18.3 Å². The monoisotopic (exact) mass is 559 g/mol. The number of hydrogen-bond acceptors (Lipinski definition) is 7. The molecular weight excluding hydrogens is 531 g/mol. The summed E-state index contributed by atoms with van der Waals surface area (Å²) in [5, 5.41) is 14.0. The Labute approximate surface area is 227 Å². The molecule has 0 saturated carbocycles. The summed E-state index contributed by atoms with van der Waals surface area (Å²) in [5.74, 6) is 0.132. The van der Waals surface area contributed by atoms with E-state index in [1.165, 1.54) is 14.0 Å². The highest BCUT2D eigenvalue weighted by molar-refractivity contribution is 7.12. The number of benzene rings is 1. The Morgan fingerprint density at radius 3 is 2.36 bits per heavy atom. The zero-order valence-electron chi connectivity index (χ0n) is 21.7. The lowest BCUT2D eigenvalue weighted by molar-refractivity contribution is -0.143. The maximum Gasteiger partial charge on any atom is 0.433 e. The number of amides is 1. The fraction of sp³-hybridized carbons (Fsp3) is 0.370. The summed E-state index contributed by atoms with van der Waals surface area (Å²) in [6.45, 7) is 5.08. The van der Waals surface area contributed by atoms with Gasteiger partial charge < -0.3 is 14.7 Å². The summed E-state index contributed by atoms with van der Waals surface area (Å²) in [7, 11) is 1.50. The number of nitrogens with zero attached hydrogens (tertiary/aromatic N) is 5. The van der Waals surface area contributed by atoms with Crippen LogP contribution in [0.3, 0.4) is 0 Å². The number of carbonyl (C=O) groups is 1. The van der Waals surface area contributed by atoms with Crippen LogP contribution in [-0.2, 0) is 6.18 Å². The van der Waals surface area contributed by atoms with Crippen LogP contribution in [0.15, 0.2) is 42.6 Å². The minimum atomic E-state index is -4.72. The molecular formula is C27H28F3N5O3S. The number of ether oxygens (including phenoxy) is 1. The second-order valence-corrected chi connectivity index (χ2v) is 10.7. The number of thiophene rings is 1. The molecule has 206 valence electrons. The van der Waals surface area contributed by atoms with Gasteiger partial charge in [0, 0.05) is 47.1 Å². The second kappa shape index (κ2) is 10.6. The minimum absolute atomic E-state index is 0.0105. The van der Waals surface area contributed by atoms with E-state index < -0.39 is 17.8 Å². The molecule has 0 radical (unpaired) electrons. The van der Waals surface area contributed by atoms with Gasteiger partial charge in [-0.3, -0.25) is 9.69 Å². The summed E-state index contributed by atoms with van der Waals surface area (Å²) in [6, 6.07) is 10.4. The number of aliphatic hydroxyl groups excluding tert-OH is 1. The maximum absolute atomic E-state index is 14.2. The predicted molar refractivity (Wildman–Crippen MR) is 141 cm³/mol. The van der Waals surface area contributed by atoms with Crippen LogP contribution in [0, 0.1) is 13.8 Å². The van der Waals surface area contributed by atoms with E-state index >= 15 is 0 Å². The van der Waals surface area contributed by atoms with Crippen LogP contribution in [0.1, 0.15) is 37.4 Å². The van der Waals surface area contributed by atoms with Crippen molar-refractivity contribution < 1.29 is 27.8 Å². The minimum Gasteiger partial charge on any atom is -0.497 e. The molecule has 1 saturated heterocycles. The van der Waals surface area contributed by atoms with E-state index in [-0.39, 0.29) is 35.1 Å². The molecule has 8 nitrogen and oxygen atoms in total. The molecule has 1 aliphatic rings. The van der Waals surface area contributed by atoms with Crippen LogP contribution in [0.25, 0.3) is 16.9 Å². The number of hydrogen-bond donors (Lipinski definition) is 1. The van der Waals surface area contributed by atoms with Gasteiger partial charge in [0.15, 0.2) is 11.3 Å². The average molecular weight is 560 g/mol. The summed E-state index contributed by atoms with van der Waals surface area (Å²) in [6.07, 6.45) is -3.56. The van der Waals surface area contributed by atoms with Gasteiger partial charge in [-0.1, -0.05) is 0 Å². The van der Waals surface area contributed by atoms with Gasteiger partial charge in [-0.25, -0.2) is 9.50 Å². The first kappa shape index (κ1) is 27.1. The summed E-state index contributed by atoms with van der Waals surface area (Å²) >= 11 is 1.63. The number of aromatic nitrogens is 3. The average Bonchev–Trinajstić information content (AvgIpc) is 3.54. The highest BCUT2D eigenvalue weighted by Gasteiger charge is 2.39. The zero-order valence-corrected chi connectivity index (χ0v) is 22.5. The topological polar surface area (TPSA) is 83.2 Å². The predicted octanol–water partition coefficient (Wildman–Crippen LogP) is 4.59. The van der Waals surface area contributed by atoms with Crippen molar-refractivity contribution in [2.24, 2.45) is 0 Å². The van der Waals surface area contributed by atoms with Crippen LogP contribution >= 0.6 is 11.3 Å². The lowest BCUT2D eigenvalue weighted by Crippen LogP contribution is -2.50. The van der Waals surface area contributed by atoms with E-state index in [1.807, 2.05) is 19.1 Å². The molecule has 4 aromatic rings. The van der Waals surface area contributed by atoms with Crippen molar-refractivity contribution in [2.75, 3.05) is 39.9 Å². The largest absolute Gasteiger partial charge is 0.497 e. The van der Waals surface area contributed by atoms with Crippen LogP contribution in [0.4, 0.5) is 13.2 Å². The van der Waals surface area contributed by atoms with Gasteiger partial charge in [-0.15, -0.1) is 11.3 Å². The second-order valence-electron chi connectivity index (χ2n) is 9.43. The van der Waals surface area contributed by atoms with Crippen LogP contribution < -0.4 is 4.74 Å². The number of piperazine rings is 1. The summed E-state index contributed by atoms with van der Waals surface area (Å²) in [4.78, 5) is 24.0. The molecule has 4 heterocycles. The molecule has 0 spiro atoms. The lowest BCUT2D eigenvalue weighted by atomic mass is 10.0. The Kier molecular flexibility index (Phi) is 7.36. The van der Waals surface area contributed by atoms with Crippen LogP contribution in [0.2, 0.25) is 0 Å². The number of halogens is 3. The number of aliphatic hydroxyl groups is 1. The third kappa shape index (κ3) is 5.11. The summed E-state index contributed by atoms with van der Waals surface area (Å²) < 4.78 is 48.5. The van der Waals surface area contributed by atoms with E-state index in [0.29, 0.717) is 42.0 Å². The Morgan fingerprint density at radius 2 is 1.79 bits per heavy atom. The van der Waals surface area contributed by atoms with Gasteiger partial charge in [-0.05, 0) is 50.2 Å². The molecule has 1 aliphatic heterocycles. The standard InChI is InChI=1S/C27H28F3N5O3S/c1-16-4-9-22(39-16)21(15-36)33-10-12-34(13-11-33)26(37)20-14-31-35-24(27(28,29)30)17(2)23(32-25(20)35)18-5-7-19(38-3)8-6-18/h4-9,14,21,36H,10-13,15H2,1-3H3/t21-/m0/s1. The first-order chi connectivity index (χ1) is 18.6. The summed E-state index contributed by atoms with van der Waals surface area (Å²) in [5.41, 5.74) is -0.610. The molecule has 0 aliphatic carbocycles. The van der Waals surface area contributed by atoms with Crippen LogP contribution in [0.5, 0.6) is 5.75 Å². The number of aryl methyl sites for hydroxylation is 1. The molecule has 1 N–H and O–H groups in total. The fourth-order valence-corrected chi connectivity index (χ4v) is 6.02. The van der Waals surface area contributed by atoms with E-state index in [0.717, 1.165) is 16.0 Å². The van der Waals surface area contributed by atoms with Crippen molar-refractivity contribution in [1.29, 1.82) is 0 Å². The number of alkyl halides is 3. The van der Waals surface area contributed by atoms with Crippen molar-refractivity contribution in [3.63, 3.8) is 0 Å². The van der Waals surface area contributed by atoms with Crippen molar-refractivity contribution in [2.45, 2.75) is 26.1 Å². The van der Waals surface area contributed by atoms with Gasteiger partial charge in [0.2, 0.25) is 0 Å². The van der Waals surface area contributed by atoms with E-state index in [2.05, 4.69) is 15.0 Å². The Morgan fingerprint density at radius 1 is 1.10 bits per heavy atom. The number of rotatable bonds is 6. The molecule has 1 fully saturated rings. The van der Waals surface area contributed by atoms with E-state index in [1.54, 1.807) is 40.5 Å². The lowest BCUT2D eigenvalue weighted by Gasteiger charge is -2.38. The zero-order chi connectivity index (χ0) is 27.9. The van der Waals surface area contributed by atoms with Crippen molar-refractivity contribution in [3.8, 4) is 17.0 Å². The van der Waals surface area contributed by atoms with Gasteiger partial charge in [0.25, 0.3) is 5.91 Å². The molecule has 5 rings (SSSR count). The first-order valence-electron chi connectivity index (χ1n) is 12.4. The molecule has 39 heavy (non-hydrogen) atoms. The Bertz CT molecular complexity index is 1490. The molecule has 0 bridgehead atoms. The molecule has 1 amide bonds. The number of methoxy groups -OCH3 is 1. The van der Waals surface area contributed by atoms with Crippen molar-refractivity contribution in [3.05, 3.63) is 69.2 Å². The van der Waals surface area contributed by atoms with Gasteiger partial charge >= 0.3 is 6.18 Å². The highest BCUT2D eigenvalue weighted by Crippen LogP contribution is 2.37. The van der Waals surface area contributed by atoms with E-state index in [4.69, 9.17) is 4.74 Å². The normalized spacial score (nSPS) is 15.6. The van der Waals surface area contributed by atoms with Crippen LogP contribution in [-0.4, -0.2) is 75.3 Å². The Hall–Kier alpha value is -3.48. The SMILES string of the molecule is COc1ccc(-c2nc3c(C(=O)N4CCN([C@@H](CO)c5ccc(C)s5)CC4)cnn3c(C(F)(F)F)c2C)cc1. The van der Waals surface area contributed by atoms with E-state index in [9.17, 15) is 23.1 Å². The molecule has 1 aromatic carbocycles. The third-order valence-corrected chi connectivity index (χ3v) is 8.15. The third-order valence-electron chi connectivity index (χ3n) is 7.05. The number of carbonyl (C=O) groups excluding carboxylic acids is 1. The van der Waals surface area contributed by atoms with Crippen molar-refractivity contribution >= 4 is 22.9 Å². The first-order valence-corrected chi connectivity index (χ1v) is 13.2. The highest BCUT2D eigenvalue weighted by atomic mass is 32.1. The molecule has 3 aromatic heterocycles. The number of fused-ring (bicyclic) bond motifs is 1. The maximum atomic E-state index is 14.2.